The largest absolute Gasteiger partial charge is 0.453 e. The third-order valence-corrected chi connectivity index (χ3v) is 3.95. The summed E-state index contributed by atoms with van der Waals surface area (Å²) in [4.78, 5) is 0. The Morgan fingerprint density at radius 3 is 1.78 bits per heavy atom. The molecule has 18 heavy (non-hydrogen) atoms. The van der Waals surface area contributed by atoms with E-state index >= 15 is 0 Å². The number of hydrogen-bond donors (Lipinski definition) is 0. The molecular formula is C10H12F8. The van der Waals surface area contributed by atoms with Crippen LogP contribution in [0.4, 0.5) is 35.1 Å². The average molecular weight is 284 g/mol. The zero-order valence-corrected chi connectivity index (χ0v) is 9.59. The van der Waals surface area contributed by atoms with E-state index in [1.165, 1.54) is 6.92 Å². The molecule has 1 aliphatic carbocycles. The van der Waals surface area contributed by atoms with Gasteiger partial charge in [-0.1, -0.05) is 13.8 Å². The molecule has 0 aromatic rings. The van der Waals surface area contributed by atoms with Crippen LogP contribution in [0.1, 0.15) is 26.7 Å². The van der Waals surface area contributed by atoms with Gasteiger partial charge >= 0.3 is 18.3 Å². The molecule has 3 atom stereocenters. The molecule has 0 saturated heterocycles. The van der Waals surface area contributed by atoms with Crippen LogP contribution < -0.4 is 0 Å². The summed E-state index contributed by atoms with van der Waals surface area (Å²) in [6.45, 7) is 1.87. The van der Waals surface area contributed by atoms with Crippen molar-refractivity contribution in [2.45, 2.75) is 45.0 Å². The summed E-state index contributed by atoms with van der Waals surface area (Å²) in [5.41, 5.74) is -2.00. The van der Waals surface area contributed by atoms with Crippen molar-refractivity contribution in [3.8, 4) is 0 Å². The molecule has 3 unspecified atom stereocenters. The Kier molecular flexibility index (Phi) is 3.41. The smallest absolute Gasteiger partial charge is 0.196 e. The highest BCUT2D eigenvalue weighted by Gasteiger charge is 2.77. The lowest BCUT2D eigenvalue weighted by Gasteiger charge is -2.29. The zero-order chi connectivity index (χ0) is 14.6. The van der Waals surface area contributed by atoms with Gasteiger partial charge in [0.05, 0.1) is 5.92 Å². The van der Waals surface area contributed by atoms with Crippen molar-refractivity contribution in [1.82, 2.24) is 0 Å². The SMILES string of the molecule is CCC1(C(C)C(F)(F)F)CC1C(F)(F)C(F)(F)F. The van der Waals surface area contributed by atoms with Crippen LogP contribution in [0, 0.1) is 17.3 Å². The van der Waals surface area contributed by atoms with Crippen molar-refractivity contribution in [2.75, 3.05) is 0 Å². The lowest BCUT2D eigenvalue weighted by Crippen LogP contribution is -2.42. The molecule has 1 rings (SSSR count). The van der Waals surface area contributed by atoms with Gasteiger partial charge in [-0.15, -0.1) is 0 Å². The van der Waals surface area contributed by atoms with E-state index in [0.717, 1.165) is 0 Å². The third-order valence-electron chi connectivity index (χ3n) is 3.95. The Hall–Kier alpha value is -0.560. The van der Waals surface area contributed by atoms with Gasteiger partial charge in [0.25, 0.3) is 0 Å². The Balaban J connectivity index is 3.00. The lowest BCUT2D eigenvalue weighted by molar-refractivity contribution is -0.298. The summed E-state index contributed by atoms with van der Waals surface area (Å²) in [7, 11) is 0. The molecule has 0 nitrogen and oxygen atoms in total. The minimum Gasteiger partial charge on any atom is -0.196 e. The van der Waals surface area contributed by atoms with Crippen molar-refractivity contribution in [3.05, 3.63) is 0 Å². The second-order valence-corrected chi connectivity index (χ2v) is 4.73. The Bertz CT molecular complexity index is 315. The van der Waals surface area contributed by atoms with E-state index < -0.39 is 41.9 Å². The minimum atomic E-state index is -5.81. The molecule has 0 aliphatic heterocycles. The molecule has 0 N–H and O–H groups in total. The molecule has 0 bridgehead atoms. The van der Waals surface area contributed by atoms with E-state index in [1.54, 1.807) is 0 Å². The monoisotopic (exact) mass is 284 g/mol. The van der Waals surface area contributed by atoms with Crippen molar-refractivity contribution in [1.29, 1.82) is 0 Å². The van der Waals surface area contributed by atoms with Crippen molar-refractivity contribution >= 4 is 0 Å². The fourth-order valence-electron chi connectivity index (χ4n) is 2.51. The first-order valence-corrected chi connectivity index (χ1v) is 5.32. The molecule has 0 aromatic heterocycles. The highest BCUT2D eigenvalue weighted by Crippen LogP contribution is 2.70. The maximum Gasteiger partial charge on any atom is 0.453 e. The first kappa shape index (κ1) is 15.5. The summed E-state index contributed by atoms with van der Waals surface area (Å²) < 4.78 is 100. The Morgan fingerprint density at radius 1 is 1.06 bits per heavy atom. The second kappa shape index (κ2) is 3.96. The third kappa shape index (κ3) is 2.18. The van der Waals surface area contributed by atoms with E-state index in [9.17, 15) is 35.1 Å². The minimum absolute atomic E-state index is 0.357. The normalized spacial score (nSPS) is 31.3. The van der Waals surface area contributed by atoms with Gasteiger partial charge < -0.3 is 0 Å². The van der Waals surface area contributed by atoms with Crippen LogP contribution in [0.3, 0.4) is 0 Å². The van der Waals surface area contributed by atoms with Crippen molar-refractivity contribution < 1.29 is 35.1 Å². The summed E-state index contributed by atoms with van der Waals surface area (Å²) >= 11 is 0. The second-order valence-electron chi connectivity index (χ2n) is 4.73. The van der Waals surface area contributed by atoms with E-state index in [1.807, 2.05) is 0 Å². The molecule has 0 aromatic carbocycles. The van der Waals surface area contributed by atoms with Crippen LogP contribution in [0.5, 0.6) is 0 Å². The first-order valence-electron chi connectivity index (χ1n) is 5.32. The Labute approximate surface area is 98.3 Å². The van der Waals surface area contributed by atoms with Gasteiger partial charge in [-0.25, -0.2) is 0 Å². The molecule has 8 heteroatoms. The molecule has 0 radical (unpaired) electrons. The highest BCUT2D eigenvalue weighted by atomic mass is 19.4. The van der Waals surface area contributed by atoms with Crippen LogP contribution in [-0.4, -0.2) is 18.3 Å². The molecule has 0 heterocycles. The topological polar surface area (TPSA) is 0 Å². The van der Waals surface area contributed by atoms with Gasteiger partial charge in [0, 0.05) is 5.92 Å². The van der Waals surface area contributed by atoms with Crippen LogP contribution in [-0.2, 0) is 0 Å². The summed E-state index contributed by atoms with van der Waals surface area (Å²) in [5.74, 6) is -9.53. The van der Waals surface area contributed by atoms with Gasteiger partial charge in [-0.3, -0.25) is 0 Å². The summed E-state index contributed by atoms with van der Waals surface area (Å²) in [5, 5.41) is 0. The maximum absolute atomic E-state index is 13.1. The van der Waals surface area contributed by atoms with Gasteiger partial charge in [-0.2, -0.15) is 35.1 Å². The number of rotatable bonds is 3. The fraction of sp³-hybridized carbons (Fsp3) is 1.00. The fourth-order valence-corrected chi connectivity index (χ4v) is 2.51. The average Bonchev–Trinajstić information content (AvgIpc) is 2.89. The van der Waals surface area contributed by atoms with E-state index in [-0.39, 0.29) is 6.42 Å². The number of alkyl halides is 8. The molecule has 1 saturated carbocycles. The standard InChI is InChI=1S/C10H12F8/c1-3-7(5(2)9(13,14)15)4-6(7)8(11,12)10(16,17)18/h5-6H,3-4H2,1-2H3. The molecule has 0 amide bonds. The summed E-state index contributed by atoms with van der Waals surface area (Å²) in [6, 6.07) is 0. The van der Waals surface area contributed by atoms with Crippen LogP contribution >= 0.6 is 0 Å². The highest BCUT2D eigenvalue weighted by molar-refractivity contribution is 5.12. The van der Waals surface area contributed by atoms with Gasteiger partial charge in [-0.05, 0) is 18.3 Å². The van der Waals surface area contributed by atoms with Gasteiger partial charge in [0.15, 0.2) is 0 Å². The zero-order valence-electron chi connectivity index (χ0n) is 9.59. The van der Waals surface area contributed by atoms with Crippen LogP contribution in [0.2, 0.25) is 0 Å². The predicted molar refractivity (Wildman–Crippen MR) is 47.1 cm³/mol. The van der Waals surface area contributed by atoms with Crippen molar-refractivity contribution in [2.24, 2.45) is 17.3 Å². The van der Waals surface area contributed by atoms with E-state index in [0.29, 0.717) is 6.92 Å². The first-order chi connectivity index (χ1) is 7.80. The quantitative estimate of drug-likeness (QED) is 0.653. The molecular weight excluding hydrogens is 272 g/mol. The molecule has 1 fully saturated rings. The van der Waals surface area contributed by atoms with Crippen LogP contribution in [0.25, 0.3) is 0 Å². The Morgan fingerprint density at radius 2 is 1.50 bits per heavy atom. The van der Waals surface area contributed by atoms with E-state index in [2.05, 4.69) is 0 Å². The number of hydrogen-bond acceptors (Lipinski definition) is 0. The molecule has 108 valence electrons. The van der Waals surface area contributed by atoms with E-state index in [4.69, 9.17) is 0 Å². The summed E-state index contributed by atoms with van der Waals surface area (Å²) in [6.07, 6.45) is -11.7. The molecule has 0 spiro atoms. The predicted octanol–water partition coefficient (Wildman–Crippen LogP) is 4.80. The van der Waals surface area contributed by atoms with Crippen LogP contribution in [0.15, 0.2) is 0 Å². The lowest BCUT2D eigenvalue weighted by atomic mass is 9.83. The number of halogens is 8. The van der Waals surface area contributed by atoms with Gasteiger partial charge in [0.2, 0.25) is 0 Å². The molecule has 1 aliphatic rings. The van der Waals surface area contributed by atoms with Crippen molar-refractivity contribution in [3.63, 3.8) is 0 Å². The maximum atomic E-state index is 13.1. The van der Waals surface area contributed by atoms with Gasteiger partial charge in [0.1, 0.15) is 0 Å².